The third-order valence-corrected chi connectivity index (χ3v) is 7.24. The molecular weight excluding hydrogens is 444 g/mol. The maximum atomic E-state index is 13.2. The zero-order valence-electron chi connectivity index (χ0n) is 19.0. The number of rotatable bonds is 9. The van der Waals surface area contributed by atoms with Crippen molar-refractivity contribution in [1.82, 2.24) is 9.47 Å². The highest BCUT2D eigenvalue weighted by atomic mass is 32.2. The largest absolute Gasteiger partial charge is 0.385 e. The van der Waals surface area contributed by atoms with E-state index in [1.165, 1.54) is 11.8 Å². The van der Waals surface area contributed by atoms with Crippen LogP contribution in [0, 0.1) is 18.3 Å². The predicted molar refractivity (Wildman–Crippen MR) is 133 cm³/mol. The number of carbonyl (C=O) groups is 1. The number of nitriles is 1. The zero-order valence-corrected chi connectivity index (χ0v) is 20.6. The molecule has 3 heterocycles. The smallest absolute Gasteiger partial charge is 0.270 e. The van der Waals surface area contributed by atoms with Crippen LogP contribution in [0.25, 0.3) is 6.08 Å². The quantitative estimate of drug-likeness (QED) is 0.307. The summed E-state index contributed by atoms with van der Waals surface area (Å²) in [6.45, 7) is 7.21. The number of carbonyl (C=O) groups excluding carboxylic acids is 1. The van der Waals surface area contributed by atoms with Crippen LogP contribution in [-0.4, -0.2) is 53.0 Å². The van der Waals surface area contributed by atoms with Crippen molar-refractivity contribution in [2.24, 2.45) is 0 Å². The minimum atomic E-state index is -0.246. The Morgan fingerprint density at radius 3 is 2.56 bits per heavy atom. The fraction of sp³-hybridized carbons (Fsp3) is 0.565. The Labute approximate surface area is 199 Å². The summed E-state index contributed by atoms with van der Waals surface area (Å²) in [6.07, 6.45) is 6.44. The number of unbranched alkanes of at least 4 members (excludes halogenated alkanes) is 1. The Bertz CT molecular complexity index is 1020. The number of anilines is 1. The van der Waals surface area contributed by atoms with E-state index in [2.05, 4.69) is 17.9 Å². The lowest BCUT2D eigenvalue weighted by molar-refractivity contribution is -0.122. The van der Waals surface area contributed by atoms with E-state index < -0.39 is 0 Å². The molecule has 1 amide bonds. The van der Waals surface area contributed by atoms with E-state index in [1.807, 2.05) is 6.08 Å². The van der Waals surface area contributed by atoms with E-state index in [1.54, 1.807) is 23.5 Å². The number of pyridine rings is 1. The van der Waals surface area contributed by atoms with Gasteiger partial charge in [0.25, 0.3) is 11.5 Å². The van der Waals surface area contributed by atoms with Gasteiger partial charge >= 0.3 is 0 Å². The third kappa shape index (κ3) is 4.92. The van der Waals surface area contributed by atoms with Crippen LogP contribution in [0.1, 0.15) is 55.7 Å². The van der Waals surface area contributed by atoms with Crippen LogP contribution in [0.3, 0.4) is 0 Å². The zero-order chi connectivity index (χ0) is 23.3. The van der Waals surface area contributed by atoms with E-state index in [0.717, 1.165) is 50.2 Å². The average Bonchev–Trinajstić information content (AvgIpc) is 3.39. The van der Waals surface area contributed by atoms with Gasteiger partial charge in [0.2, 0.25) is 0 Å². The second-order valence-electron chi connectivity index (χ2n) is 8.03. The van der Waals surface area contributed by atoms with Crippen LogP contribution in [0.4, 0.5) is 5.82 Å². The van der Waals surface area contributed by atoms with Gasteiger partial charge in [0.1, 0.15) is 21.8 Å². The van der Waals surface area contributed by atoms with Crippen molar-refractivity contribution in [2.45, 2.75) is 52.5 Å². The fourth-order valence-electron chi connectivity index (χ4n) is 4.13. The van der Waals surface area contributed by atoms with Crippen LogP contribution in [0.2, 0.25) is 0 Å². The molecule has 0 unspecified atom stereocenters. The standard InChI is InChI=1S/C23H30N4O3S2/c1-4-5-11-26-20(25-9-6-7-10-25)17(16(2)18(15-24)21(26)28)14-19-22(29)27(23(31)32-19)12-8-13-30-3/h14H,4-13H2,1-3H3. The molecule has 0 saturated carbocycles. The van der Waals surface area contributed by atoms with Crippen LogP contribution >= 0.6 is 24.0 Å². The van der Waals surface area contributed by atoms with Gasteiger partial charge in [-0.3, -0.25) is 19.1 Å². The van der Waals surface area contributed by atoms with E-state index in [-0.39, 0.29) is 17.0 Å². The summed E-state index contributed by atoms with van der Waals surface area (Å²) in [5, 5.41) is 9.74. The highest BCUT2D eigenvalue weighted by molar-refractivity contribution is 8.26. The second kappa shape index (κ2) is 11.1. The molecule has 32 heavy (non-hydrogen) atoms. The highest BCUT2D eigenvalue weighted by Crippen LogP contribution is 2.36. The van der Waals surface area contributed by atoms with E-state index >= 15 is 0 Å². The number of thiocarbonyl (C=S) groups is 1. The molecule has 0 atom stereocenters. The van der Waals surface area contributed by atoms with Crippen molar-refractivity contribution in [1.29, 1.82) is 5.26 Å². The van der Waals surface area contributed by atoms with Gasteiger partial charge in [-0.2, -0.15) is 5.26 Å². The molecule has 0 spiro atoms. The SMILES string of the molecule is CCCCn1c(N2CCCC2)c(C=C2SC(=S)N(CCCOC)C2=O)c(C)c(C#N)c1=O. The lowest BCUT2D eigenvalue weighted by atomic mass is 10.0. The van der Waals surface area contributed by atoms with Gasteiger partial charge in [0.05, 0.1) is 4.91 Å². The highest BCUT2D eigenvalue weighted by Gasteiger charge is 2.33. The number of ether oxygens (including phenoxy) is 1. The van der Waals surface area contributed by atoms with Crippen molar-refractivity contribution >= 4 is 46.1 Å². The Hall–Kier alpha value is -2.15. The summed E-state index contributed by atoms with van der Waals surface area (Å²) in [5.74, 6) is 0.690. The van der Waals surface area contributed by atoms with E-state index in [4.69, 9.17) is 17.0 Å². The minimum Gasteiger partial charge on any atom is -0.385 e. The summed E-state index contributed by atoms with van der Waals surface area (Å²) < 4.78 is 7.36. The normalized spacial score (nSPS) is 17.6. The fourth-order valence-corrected chi connectivity index (χ4v) is 5.42. The molecule has 1 aromatic rings. The summed E-state index contributed by atoms with van der Waals surface area (Å²) in [6, 6.07) is 2.10. The molecule has 172 valence electrons. The maximum absolute atomic E-state index is 13.2. The summed E-state index contributed by atoms with van der Waals surface area (Å²) in [4.78, 5) is 30.6. The number of amides is 1. The summed E-state index contributed by atoms with van der Waals surface area (Å²) in [7, 11) is 1.63. The van der Waals surface area contributed by atoms with Crippen LogP contribution < -0.4 is 10.5 Å². The Balaban J connectivity index is 2.12. The maximum Gasteiger partial charge on any atom is 0.270 e. The lowest BCUT2D eigenvalue weighted by Crippen LogP contribution is -2.33. The Kier molecular flexibility index (Phi) is 8.51. The molecular formula is C23H30N4O3S2. The van der Waals surface area contributed by atoms with Crippen molar-refractivity contribution in [2.75, 3.05) is 38.3 Å². The summed E-state index contributed by atoms with van der Waals surface area (Å²) in [5.41, 5.74) is 1.30. The van der Waals surface area contributed by atoms with Crippen molar-refractivity contribution in [3.8, 4) is 6.07 Å². The average molecular weight is 475 g/mol. The molecule has 9 heteroatoms. The van der Waals surface area contributed by atoms with Gasteiger partial charge < -0.3 is 9.64 Å². The first kappa shape index (κ1) is 24.5. The molecule has 0 bridgehead atoms. The van der Waals surface area contributed by atoms with Gasteiger partial charge in [-0.05, 0) is 44.2 Å². The number of aromatic nitrogens is 1. The second-order valence-corrected chi connectivity index (χ2v) is 9.71. The number of nitrogens with zero attached hydrogens (tertiary/aromatic N) is 4. The van der Waals surface area contributed by atoms with E-state index in [9.17, 15) is 14.9 Å². The molecule has 0 aliphatic carbocycles. The first-order chi connectivity index (χ1) is 15.4. The molecule has 0 aromatic carbocycles. The topological polar surface area (TPSA) is 78.6 Å². The van der Waals surface area contributed by atoms with Gasteiger partial charge in [0, 0.05) is 45.5 Å². The molecule has 2 saturated heterocycles. The first-order valence-electron chi connectivity index (χ1n) is 11.1. The molecule has 7 nitrogen and oxygen atoms in total. The van der Waals surface area contributed by atoms with Gasteiger partial charge in [0.15, 0.2) is 0 Å². The minimum absolute atomic E-state index is 0.132. The number of hydrogen-bond donors (Lipinski definition) is 0. The van der Waals surface area contributed by atoms with Crippen LogP contribution in [-0.2, 0) is 16.1 Å². The van der Waals surface area contributed by atoms with Crippen molar-refractivity contribution < 1.29 is 9.53 Å². The molecule has 3 rings (SSSR count). The third-order valence-electron chi connectivity index (χ3n) is 5.87. The molecule has 2 aliphatic rings. The molecule has 1 aromatic heterocycles. The molecule has 0 radical (unpaired) electrons. The van der Waals surface area contributed by atoms with E-state index in [0.29, 0.717) is 40.9 Å². The van der Waals surface area contributed by atoms with Gasteiger partial charge in [-0.1, -0.05) is 37.3 Å². The monoisotopic (exact) mass is 474 g/mol. The number of hydrogen-bond acceptors (Lipinski definition) is 7. The lowest BCUT2D eigenvalue weighted by Gasteiger charge is -2.27. The van der Waals surface area contributed by atoms with Crippen LogP contribution in [0.15, 0.2) is 9.70 Å². The van der Waals surface area contributed by atoms with Crippen LogP contribution in [0.5, 0.6) is 0 Å². The molecule has 2 aliphatic heterocycles. The molecule has 0 N–H and O–H groups in total. The molecule has 2 fully saturated rings. The predicted octanol–water partition coefficient (Wildman–Crippen LogP) is 3.67. The first-order valence-corrected chi connectivity index (χ1v) is 12.3. The van der Waals surface area contributed by atoms with Crippen molar-refractivity contribution in [3.63, 3.8) is 0 Å². The Morgan fingerprint density at radius 2 is 1.94 bits per heavy atom. The summed E-state index contributed by atoms with van der Waals surface area (Å²) >= 11 is 6.73. The Morgan fingerprint density at radius 1 is 1.22 bits per heavy atom. The van der Waals surface area contributed by atoms with Crippen molar-refractivity contribution in [3.05, 3.63) is 31.9 Å². The number of methoxy groups -OCH3 is 1. The van der Waals surface area contributed by atoms with Gasteiger partial charge in [-0.15, -0.1) is 0 Å². The number of thioether (sulfide) groups is 1. The van der Waals surface area contributed by atoms with Gasteiger partial charge in [-0.25, -0.2) is 0 Å².